The Bertz CT molecular complexity index is 1170. The van der Waals surface area contributed by atoms with Crippen molar-refractivity contribution >= 4 is 34.9 Å². The number of benzene rings is 2. The highest BCUT2D eigenvalue weighted by Gasteiger charge is 2.16. The summed E-state index contributed by atoms with van der Waals surface area (Å²) in [6.07, 6.45) is 0.412. The predicted octanol–water partition coefficient (Wildman–Crippen LogP) is 5.18. The highest BCUT2D eigenvalue weighted by Crippen LogP contribution is 2.30. The van der Waals surface area contributed by atoms with E-state index in [9.17, 15) is 14.3 Å². The highest BCUT2D eigenvalue weighted by molar-refractivity contribution is 5.85. The summed E-state index contributed by atoms with van der Waals surface area (Å²) in [5, 5.41) is 18.6. The van der Waals surface area contributed by atoms with Gasteiger partial charge in [0.25, 0.3) is 0 Å². The summed E-state index contributed by atoms with van der Waals surface area (Å²) in [4.78, 5) is 20.1. The molecule has 0 aliphatic heterocycles. The molecule has 1 heterocycles. The molecule has 186 valence electrons. The zero-order valence-electron chi connectivity index (χ0n) is 19.9. The minimum Gasteiger partial charge on any atom is -0.504 e. The van der Waals surface area contributed by atoms with Crippen molar-refractivity contribution in [1.29, 1.82) is 0 Å². The maximum Gasteiger partial charge on any atom is 0.412 e. The second-order valence-corrected chi connectivity index (χ2v) is 8.37. The number of carbonyl (C=O) groups excluding carboxylic acids is 1. The first-order valence-electron chi connectivity index (χ1n) is 10.7. The number of aromatic nitrogens is 2. The zero-order chi connectivity index (χ0) is 25.4. The molecule has 0 aliphatic carbocycles. The minimum absolute atomic E-state index is 0.0825. The number of aromatic hydroxyl groups is 1. The molecule has 35 heavy (non-hydrogen) atoms. The van der Waals surface area contributed by atoms with Crippen molar-refractivity contribution in [2.24, 2.45) is 0 Å². The van der Waals surface area contributed by atoms with Gasteiger partial charge in [0.2, 0.25) is 5.95 Å². The van der Waals surface area contributed by atoms with Crippen LogP contribution in [0.15, 0.2) is 48.7 Å². The van der Waals surface area contributed by atoms with Crippen LogP contribution < -0.4 is 20.7 Å². The van der Waals surface area contributed by atoms with Gasteiger partial charge in [0, 0.05) is 30.2 Å². The molecular weight excluding hydrogens is 457 g/mol. The molecule has 0 spiro atoms. The Morgan fingerprint density at radius 2 is 1.80 bits per heavy atom. The third-order valence-electron chi connectivity index (χ3n) is 4.27. The molecule has 1 amide bonds. The molecule has 0 radical (unpaired) electrons. The standard InChI is InChI=1S/C24H28FN5O5/c1-24(2,3)35-23(32)29-16-7-5-6-15(12-16)27-21-18(25)14-26-22(30-21)28-17-8-9-20(19(31)13-17)34-11-10-33-4/h5-9,12-14,31H,10-11H2,1-4H3,(H,29,32)(H2,26,27,28,30). The van der Waals surface area contributed by atoms with Crippen molar-refractivity contribution in [3.8, 4) is 11.5 Å². The van der Waals surface area contributed by atoms with Gasteiger partial charge in [-0.15, -0.1) is 0 Å². The SMILES string of the molecule is COCCOc1ccc(Nc2ncc(F)c(Nc3cccc(NC(=O)OC(C)(C)C)c3)n2)cc1O. The molecule has 0 unspecified atom stereocenters. The van der Waals surface area contributed by atoms with Crippen molar-refractivity contribution in [2.45, 2.75) is 26.4 Å². The van der Waals surface area contributed by atoms with E-state index in [1.54, 1.807) is 64.3 Å². The van der Waals surface area contributed by atoms with Crippen LogP contribution in [0.4, 0.5) is 38.0 Å². The monoisotopic (exact) mass is 485 g/mol. The number of phenols is 1. The lowest BCUT2D eigenvalue weighted by Gasteiger charge is -2.19. The fourth-order valence-electron chi connectivity index (χ4n) is 2.83. The Morgan fingerprint density at radius 1 is 1.06 bits per heavy atom. The normalized spacial score (nSPS) is 11.0. The predicted molar refractivity (Wildman–Crippen MR) is 130 cm³/mol. The average Bonchev–Trinajstić information content (AvgIpc) is 2.76. The van der Waals surface area contributed by atoms with Gasteiger partial charge >= 0.3 is 6.09 Å². The van der Waals surface area contributed by atoms with Crippen LogP contribution in [0.5, 0.6) is 11.5 Å². The summed E-state index contributed by atoms with van der Waals surface area (Å²) in [5.74, 6) is -0.438. The largest absolute Gasteiger partial charge is 0.504 e. The van der Waals surface area contributed by atoms with Gasteiger partial charge in [-0.05, 0) is 51.1 Å². The summed E-state index contributed by atoms with van der Waals surface area (Å²) in [6, 6.07) is 11.3. The van der Waals surface area contributed by atoms with Crippen LogP contribution >= 0.6 is 0 Å². The lowest BCUT2D eigenvalue weighted by Crippen LogP contribution is -2.27. The number of ether oxygens (including phenoxy) is 3. The van der Waals surface area contributed by atoms with Gasteiger partial charge in [0.1, 0.15) is 12.2 Å². The smallest absolute Gasteiger partial charge is 0.412 e. The molecule has 1 aromatic heterocycles. The van der Waals surface area contributed by atoms with Gasteiger partial charge in [-0.25, -0.2) is 14.2 Å². The number of carbonyl (C=O) groups is 1. The van der Waals surface area contributed by atoms with Gasteiger partial charge < -0.3 is 30.0 Å². The number of hydrogen-bond donors (Lipinski definition) is 4. The molecule has 0 saturated carbocycles. The quantitative estimate of drug-likeness (QED) is 0.303. The topological polar surface area (TPSA) is 127 Å². The Labute approximate surface area is 202 Å². The second-order valence-electron chi connectivity index (χ2n) is 8.37. The van der Waals surface area contributed by atoms with Crippen molar-refractivity contribution in [3.63, 3.8) is 0 Å². The number of amides is 1. The molecule has 0 atom stereocenters. The van der Waals surface area contributed by atoms with E-state index in [2.05, 4.69) is 25.9 Å². The van der Waals surface area contributed by atoms with Crippen LogP contribution in [0, 0.1) is 5.82 Å². The first-order valence-corrected chi connectivity index (χ1v) is 10.7. The molecule has 0 saturated heterocycles. The number of anilines is 5. The third-order valence-corrected chi connectivity index (χ3v) is 4.27. The summed E-state index contributed by atoms with van der Waals surface area (Å²) < 4.78 is 30.0. The van der Waals surface area contributed by atoms with E-state index in [0.717, 1.165) is 6.20 Å². The van der Waals surface area contributed by atoms with E-state index in [1.165, 1.54) is 6.07 Å². The number of methoxy groups -OCH3 is 1. The fourth-order valence-corrected chi connectivity index (χ4v) is 2.83. The number of nitrogens with one attached hydrogen (secondary N) is 3. The van der Waals surface area contributed by atoms with Gasteiger partial charge in [-0.1, -0.05) is 6.07 Å². The van der Waals surface area contributed by atoms with E-state index in [-0.39, 0.29) is 17.5 Å². The first kappa shape index (κ1) is 25.5. The van der Waals surface area contributed by atoms with Crippen molar-refractivity contribution in [2.75, 3.05) is 36.3 Å². The molecule has 10 nitrogen and oxygen atoms in total. The van der Waals surface area contributed by atoms with Gasteiger partial charge in [0.15, 0.2) is 23.1 Å². The zero-order valence-corrected chi connectivity index (χ0v) is 19.9. The molecule has 3 aromatic rings. The third kappa shape index (κ3) is 8.00. The van der Waals surface area contributed by atoms with Crippen LogP contribution in [0.2, 0.25) is 0 Å². The Hall–Kier alpha value is -4.12. The van der Waals surface area contributed by atoms with Gasteiger partial charge in [-0.2, -0.15) is 4.98 Å². The van der Waals surface area contributed by atoms with E-state index in [0.29, 0.717) is 36.0 Å². The Balaban J connectivity index is 1.69. The van der Waals surface area contributed by atoms with E-state index in [1.807, 2.05) is 0 Å². The molecule has 0 bridgehead atoms. The van der Waals surface area contributed by atoms with E-state index < -0.39 is 17.5 Å². The van der Waals surface area contributed by atoms with E-state index >= 15 is 0 Å². The molecular formula is C24H28FN5O5. The summed E-state index contributed by atoms with van der Waals surface area (Å²) in [5.41, 5.74) is 0.780. The number of rotatable bonds is 9. The molecule has 4 N–H and O–H groups in total. The number of halogens is 1. The van der Waals surface area contributed by atoms with Gasteiger partial charge in [-0.3, -0.25) is 5.32 Å². The highest BCUT2D eigenvalue weighted by atomic mass is 19.1. The number of nitrogens with zero attached hydrogens (tertiary/aromatic N) is 2. The maximum absolute atomic E-state index is 14.4. The molecule has 0 aliphatic rings. The summed E-state index contributed by atoms with van der Waals surface area (Å²) in [6.45, 7) is 5.97. The van der Waals surface area contributed by atoms with Crippen LogP contribution in [0.25, 0.3) is 0 Å². The average molecular weight is 486 g/mol. The van der Waals surface area contributed by atoms with Crippen molar-refractivity contribution in [1.82, 2.24) is 9.97 Å². The first-order chi connectivity index (χ1) is 16.6. The lowest BCUT2D eigenvalue weighted by atomic mass is 10.2. The number of phenolic OH excluding ortho intramolecular Hbond substituents is 1. The number of hydrogen-bond acceptors (Lipinski definition) is 9. The van der Waals surface area contributed by atoms with Crippen LogP contribution in [0.1, 0.15) is 20.8 Å². The van der Waals surface area contributed by atoms with Gasteiger partial charge in [0.05, 0.1) is 12.8 Å². The van der Waals surface area contributed by atoms with Crippen molar-refractivity contribution in [3.05, 3.63) is 54.5 Å². The van der Waals surface area contributed by atoms with Crippen molar-refractivity contribution < 1.29 is 28.5 Å². The molecule has 0 fully saturated rings. The Kier molecular flexibility index (Phi) is 8.26. The summed E-state index contributed by atoms with van der Waals surface area (Å²) >= 11 is 0. The van der Waals surface area contributed by atoms with Crippen LogP contribution in [-0.4, -0.2) is 47.1 Å². The Morgan fingerprint density at radius 3 is 2.51 bits per heavy atom. The second kappa shape index (κ2) is 11.3. The molecule has 2 aromatic carbocycles. The summed E-state index contributed by atoms with van der Waals surface area (Å²) in [7, 11) is 1.56. The lowest BCUT2D eigenvalue weighted by molar-refractivity contribution is 0.0636. The molecule has 11 heteroatoms. The fraction of sp³-hybridized carbons (Fsp3) is 0.292. The molecule has 3 rings (SSSR count). The maximum atomic E-state index is 14.4. The minimum atomic E-state index is -0.675. The van der Waals surface area contributed by atoms with Crippen LogP contribution in [-0.2, 0) is 9.47 Å². The van der Waals surface area contributed by atoms with E-state index in [4.69, 9.17) is 14.2 Å². The van der Waals surface area contributed by atoms with Crippen LogP contribution in [0.3, 0.4) is 0 Å².